The maximum atomic E-state index is 13.3. The Hall–Kier alpha value is -3.31. The molecule has 11 heteroatoms. The van der Waals surface area contributed by atoms with Gasteiger partial charge in [0.15, 0.2) is 5.16 Å². The van der Waals surface area contributed by atoms with Crippen molar-refractivity contribution < 1.29 is 26.4 Å². The van der Waals surface area contributed by atoms with E-state index in [-0.39, 0.29) is 21.5 Å². The molecule has 0 saturated heterocycles. The molecule has 0 bridgehead atoms. The number of carbonyl (C=O) groups excluding carboxylic acids is 1. The van der Waals surface area contributed by atoms with Gasteiger partial charge in [-0.15, -0.1) is 0 Å². The highest BCUT2D eigenvalue weighted by molar-refractivity contribution is 8.00. The summed E-state index contributed by atoms with van der Waals surface area (Å²) >= 11 is 0.814. The van der Waals surface area contributed by atoms with Crippen LogP contribution in [0.2, 0.25) is 0 Å². The number of fused-ring (bicyclic) bond motifs is 1. The number of anilines is 1. The standard InChI is InChI=1S/C22H16F3N3O3S2/c23-22(24,25)16-10-4-5-11-17(16)26-20(29)14-32-21-27-18-12-6-7-13-19(18)28(21)33(30,31)15-8-2-1-3-9-15/h1-13H,14H2,(H,26,29). The molecular weight excluding hydrogens is 475 g/mol. The number of imidazole rings is 1. The minimum atomic E-state index is -4.63. The second-order valence-electron chi connectivity index (χ2n) is 6.85. The number of hydrogen-bond acceptors (Lipinski definition) is 5. The smallest absolute Gasteiger partial charge is 0.325 e. The summed E-state index contributed by atoms with van der Waals surface area (Å²) < 4.78 is 67.2. The lowest BCUT2D eigenvalue weighted by molar-refractivity contribution is -0.137. The fourth-order valence-corrected chi connectivity index (χ4v) is 5.69. The number of nitrogens with one attached hydrogen (secondary N) is 1. The van der Waals surface area contributed by atoms with Crippen molar-refractivity contribution in [3.63, 3.8) is 0 Å². The number of aromatic nitrogens is 2. The van der Waals surface area contributed by atoms with Crippen molar-refractivity contribution in [2.75, 3.05) is 11.1 Å². The van der Waals surface area contributed by atoms with Crippen LogP contribution in [0.15, 0.2) is 88.9 Å². The van der Waals surface area contributed by atoms with Gasteiger partial charge in [0, 0.05) is 0 Å². The maximum absolute atomic E-state index is 13.3. The zero-order chi connectivity index (χ0) is 23.6. The average Bonchev–Trinajstić information content (AvgIpc) is 3.17. The number of benzene rings is 3. The Balaban J connectivity index is 1.63. The number of halogens is 3. The Kier molecular flexibility index (Phi) is 6.17. The lowest BCUT2D eigenvalue weighted by Crippen LogP contribution is -2.19. The molecule has 33 heavy (non-hydrogen) atoms. The number of thioether (sulfide) groups is 1. The Morgan fingerprint density at radius 1 is 0.939 bits per heavy atom. The van der Waals surface area contributed by atoms with Crippen LogP contribution in [-0.2, 0) is 21.0 Å². The molecule has 0 atom stereocenters. The number of para-hydroxylation sites is 3. The average molecular weight is 492 g/mol. The molecule has 0 radical (unpaired) electrons. The molecule has 1 N–H and O–H groups in total. The second-order valence-corrected chi connectivity index (χ2v) is 9.57. The van der Waals surface area contributed by atoms with E-state index in [0.29, 0.717) is 11.0 Å². The summed E-state index contributed by atoms with van der Waals surface area (Å²) in [5.41, 5.74) is -0.614. The highest BCUT2D eigenvalue weighted by atomic mass is 32.2. The zero-order valence-corrected chi connectivity index (χ0v) is 18.4. The van der Waals surface area contributed by atoms with Crippen molar-refractivity contribution in [1.29, 1.82) is 0 Å². The van der Waals surface area contributed by atoms with Gasteiger partial charge in [0.2, 0.25) is 5.91 Å². The van der Waals surface area contributed by atoms with E-state index in [9.17, 15) is 26.4 Å². The molecule has 0 fully saturated rings. The molecule has 0 unspecified atom stereocenters. The van der Waals surface area contributed by atoms with E-state index >= 15 is 0 Å². The monoisotopic (exact) mass is 491 g/mol. The summed E-state index contributed by atoms with van der Waals surface area (Å²) in [6, 6.07) is 19.0. The molecule has 0 saturated carbocycles. The van der Waals surface area contributed by atoms with E-state index in [1.54, 1.807) is 42.5 Å². The van der Waals surface area contributed by atoms with Crippen molar-refractivity contribution in [2.24, 2.45) is 0 Å². The quantitative estimate of drug-likeness (QED) is 0.383. The van der Waals surface area contributed by atoms with E-state index in [0.717, 1.165) is 27.9 Å². The van der Waals surface area contributed by atoms with E-state index < -0.39 is 27.7 Å². The van der Waals surface area contributed by atoms with Gasteiger partial charge in [0.25, 0.3) is 10.0 Å². The molecular formula is C22H16F3N3O3S2. The fraction of sp³-hybridized carbons (Fsp3) is 0.0909. The number of carbonyl (C=O) groups is 1. The summed E-state index contributed by atoms with van der Waals surface area (Å²) in [6.07, 6.45) is -4.63. The predicted octanol–water partition coefficient (Wildman–Crippen LogP) is 5.02. The number of alkyl halides is 3. The lowest BCUT2D eigenvalue weighted by Gasteiger charge is -2.13. The van der Waals surface area contributed by atoms with Crippen molar-refractivity contribution in [3.8, 4) is 0 Å². The van der Waals surface area contributed by atoms with Crippen LogP contribution in [-0.4, -0.2) is 29.0 Å². The van der Waals surface area contributed by atoms with Gasteiger partial charge in [0.05, 0.1) is 32.9 Å². The Labute approximate surface area is 191 Å². The molecule has 0 aliphatic rings. The van der Waals surface area contributed by atoms with Crippen LogP contribution in [0.4, 0.5) is 18.9 Å². The number of amides is 1. The highest BCUT2D eigenvalue weighted by Crippen LogP contribution is 2.35. The van der Waals surface area contributed by atoms with E-state index in [1.807, 2.05) is 0 Å². The SMILES string of the molecule is O=C(CSc1nc2ccccc2n1S(=O)(=O)c1ccccc1)Nc1ccccc1C(F)(F)F. The van der Waals surface area contributed by atoms with Crippen LogP contribution in [0.3, 0.4) is 0 Å². The van der Waals surface area contributed by atoms with Gasteiger partial charge >= 0.3 is 6.18 Å². The third kappa shape index (κ3) is 4.74. The van der Waals surface area contributed by atoms with E-state index in [1.165, 1.54) is 24.3 Å². The largest absolute Gasteiger partial charge is 0.418 e. The number of rotatable bonds is 6. The maximum Gasteiger partial charge on any atom is 0.418 e. The first-order valence-corrected chi connectivity index (χ1v) is 12.0. The molecule has 1 aromatic heterocycles. The van der Waals surface area contributed by atoms with Crippen LogP contribution >= 0.6 is 11.8 Å². The molecule has 0 spiro atoms. The Bertz CT molecular complexity index is 1420. The summed E-state index contributed by atoms with van der Waals surface area (Å²) in [7, 11) is -4.03. The molecule has 3 aromatic carbocycles. The zero-order valence-electron chi connectivity index (χ0n) is 16.8. The topological polar surface area (TPSA) is 81.1 Å². The molecule has 0 aliphatic heterocycles. The van der Waals surface area contributed by atoms with Crippen molar-refractivity contribution in [3.05, 3.63) is 84.4 Å². The fourth-order valence-electron chi connectivity index (χ4n) is 3.16. The minimum absolute atomic E-state index is 0.0271. The Morgan fingerprint density at radius 3 is 2.30 bits per heavy atom. The van der Waals surface area contributed by atoms with Gasteiger partial charge in [-0.3, -0.25) is 4.79 Å². The minimum Gasteiger partial charge on any atom is -0.325 e. The number of hydrogen-bond donors (Lipinski definition) is 1. The molecule has 6 nitrogen and oxygen atoms in total. The van der Waals surface area contributed by atoms with Crippen LogP contribution in [0.1, 0.15) is 5.56 Å². The third-order valence-corrected chi connectivity index (χ3v) is 7.38. The van der Waals surface area contributed by atoms with Gasteiger partial charge in [-0.25, -0.2) is 17.4 Å². The first kappa shape index (κ1) is 22.9. The summed E-state index contributed by atoms with van der Waals surface area (Å²) in [5, 5.41) is 2.27. The first-order chi connectivity index (χ1) is 15.7. The predicted molar refractivity (Wildman–Crippen MR) is 120 cm³/mol. The molecule has 1 heterocycles. The lowest BCUT2D eigenvalue weighted by atomic mass is 10.1. The van der Waals surface area contributed by atoms with Crippen LogP contribution in [0, 0.1) is 0 Å². The summed E-state index contributed by atoms with van der Waals surface area (Å²) in [4.78, 5) is 16.8. The van der Waals surface area contributed by atoms with Crippen LogP contribution < -0.4 is 5.32 Å². The van der Waals surface area contributed by atoms with Gasteiger partial charge in [-0.2, -0.15) is 13.2 Å². The number of nitrogens with zero attached hydrogens (tertiary/aromatic N) is 2. The van der Waals surface area contributed by atoms with Crippen LogP contribution in [0.25, 0.3) is 11.0 Å². The van der Waals surface area contributed by atoms with Crippen molar-refractivity contribution >= 4 is 44.4 Å². The molecule has 1 amide bonds. The van der Waals surface area contributed by atoms with E-state index in [4.69, 9.17) is 0 Å². The summed E-state index contributed by atoms with van der Waals surface area (Å²) in [5.74, 6) is -1.08. The van der Waals surface area contributed by atoms with Gasteiger partial charge in [-0.1, -0.05) is 54.2 Å². The molecule has 0 aliphatic carbocycles. The van der Waals surface area contributed by atoms with Crippen molar-refractivity contribution in [2.45, 2.75) is 16.2 Å². The van der Waals surface area contributed by atoms with Gasteiger partial charge in [0.1, 0.15) is 0 Å². The second kappa shape index (κ2) is 8.91. The van der Waals surface area contributed by atoms with Gasteiger partial charge in [-0.05, 0) is 36.4 Å². The normalized spacial score (nSPS) is 12.1. The van der Waals surface area contributed by atoms with Crippen LogP contribution in [0.5, 0.6) is 0 Å². The molecule has 170 valence electrons. The van der Waals surface area contributed by atoms with E-state index in [2.05, 4.69) is 10.3 Å². The van der Waals surface area contributed by atoms with Gasteiger partial charge < -0.3 is 5.32 Å². The highest BCUT2D eigenvalue weighted by Gasteiger charge is 2.33. The molecule has 4 aromatic rings. The summed E-state index contributed by atoms with van der Waals surface area (Å²) in [6.45, 7) is 0. The molecule has 4 rings (SSSR count). The first-order valence-electron chi connectivity index (χ1n) is 9.55. The third-order valence-electron chi connectivity index (χ3n) is 4.61. The Morgan fingerprint density at radius 2 is 1.58 bits per heavy atom. The van der Waals surface area contributed by atoms with Crippen molar-refractivity contribution in [1.82, 2.24) is 8.96 Å².